The molecule has 0 saturated carbocycles. The highest BCUT2D eigenvalue weighted by Gasteiger charge is 2.37. The number of benzene rings is 3. The average molecular weight is 483 g/mol. The first-order chi connectivity index (χ1) is 17.0. The fourth-order valence-corrected chi connectivity index (χ4v) is 5.00. The number of hydrogen-bond donors (Lipinski definition) is 0. The average Bonchev–Trinajstić information content (AvgIpc) is 2.87. The Hall–Kier alpha value is -3.66. The number of carbonyl (C=O) groups excluding carboxylic acids is 2. The van der Waals surface area contributed by atoms with Crippen molar-refractivity contribution in [3.05, 3.63) is 94.6 Å². The molecule has 36 heavy (non-hydrogen) atoms. The maximum Gasteiger partial charge on any atom is 0.337 e. The fraction of sp³-hybridized carbons (Fsp3) is 0.312. The molecule has 3 aromatic carbocycles. The molecule has 186 valence electrons. The van der Waals surface area contributed by atoms with Crippen LogP contribution in [0, 0.1) is 0 Å². The number of ether oxygens (including phenoxy) is 2. The summed E-state index contributed by atoms with van der Waals surface area (Å²) in [7, 11) is 2.71. The van der Waals surface area contributed by atoms with E-state index in [9.17, 15) is 9.59 Å². The van der Waals surface area contributed by atoms with Gasteiger partial charge in [-0.25, -0.2) is 9.59 Å². The topological polar surface area (TPSA) is 52.6 Å². The predicted molar refractivity (Wildman–Crippen MR) is 146 cm³/mol. The summed E-state index contributed by atoms with van der Waals surface area (Å²) in [6.07, 6.45) is 7.46. The van der Waals surface area contributed by atoms with Gasteiger partial charge in [-0.3, -0.25) is 0 Å². The van der Waals surface area contributed by atoms with E-state index in [1.165, 1.54) is 48.6 Å². The first kappa shape index (κ1) is 25.4. The molecule has 4 heteroatoms. The van der Waals surface area contributed by atoms with Gasteiger partial charge in [-0.2, -0.15) is 0 Å². The van der Waals surface area contributed by atoms with Crippen LogP contribution in [0.1, 0.15) is 73.1 Å². The van der Waals surface area contributed by atoms with Crippen LogP contribution in [0.2, 0.25) is 0 Å². The monoisotopic (exact) mass is 482 g/mol. The van der Waals surface area contributed by atoms with Gasteiger partial charge in [-0.1, -0.05) is 64.1 Å². The van der Waals surface area contributed by atoms with Gasteiger partial charge in [-0.05, 0) is 92.6 Å². The van der Waals surface area contributed by atoms with Gasteiger partial charge in [-0.15, -0.1) is 0 Å². The second-order valence-electron chi connectivity index (χ2n) is 10.8. The van der Waals surface area contributed by atoms with Gasteiger partial charge in [0.15, 0.2) is 0 Å². The smallest absolute Gasteiger partial charge is 0.337 e. The van der Waals surface area contributed by atoms with Gasteiger partial charge in [0.25, 0.3) is 0 Å². The van der Waals surface area contributed by atoms with Crippen molar-refractivity contribution in [3.8, 4) is 0 Å². The Kier molecular flexibility index (Phi) is 6.90. The van der Waals surface area contributed by atoms with Crippen LogP contribution in [-0.4, -0.2) is 26.2 Å². The number of rotatable bonds is 5. The minimum absolute atomic E-state index is 0.133. The lowest BCUT2D eigenvalue weighted by molar-refractivity contribution is -0.134. The molecular formula is C32H34O4. The molecule has 1 aliphatic carbocycles. The minimum atomic E-state index is -0.444. The third-order valence-electron chi connectivity index (χ3n) is 7.37. The lowest BCUT2D eigenvalue weighted by Crippen LogP contribution is -2.33. The van der Waals surface area contributed by atoms with Gasteiger partial charge in [0.1, 0.15) is 0 Å². The molecule has 0 fully saturated rings. The van der Waals surface area contributed by atoms with E-state index < -0.39 is 11.9 Å². The highest BCUT2D eigenvalue weighted by Crippen LogP contribution is 2.47. The first-order valence-electron chi connectivity index (χ1n) is 12.3. The van der Waals surface area contributed by atoms with Crippen molar-refractivity contribution in [1.29, 1.82) is 0 Å². The van der Waals surface area contributed by atoms with Crippen molar-refractivity contribution in [2.75, 3.05) is 14.2 Å². The number of carbonyl (C=O) groups is 2. The Morgan fingerprint density at radius 2 is 1.39 bits per heavy atom. The van der Waals surface area contributed by atoms with Crippen molar-refractivity contribution in [2.45, 2.75) is 51.4 Å². The largest absolute Gasteiger partial charge is 0.466 e. The number of allylic oxidation sites excluding steroid dienone is 2. The van der Waals surface area contributed by atoms with E-state index >= 15 is 0 Å². The third kappa shape index (κ3) is 5.13. The highest BCUT2D eigenvalue weighted by atomic mass is 16.5. The molecule has 0 aliphatic heterocycles. The molecule has 1 aliphatic rings. The molecule has 0 atom stereocenters. The SMILES string of the molecule is COC(=O)C=CC(=Cc1ccc2cc3c(cc2c1)C(C)(C)CCC3(C)C)c1cccc(C(=O)OC)c1. The standard InChI is InChI=1S/C32H34O4/c1-31(2)14-15-32(3,4)28-20-26-17-21(10-11-24(26)19-27(28)31)16-23(12-13-29(33)35-5)22-8-7-9-25(18-22)30(34)36-6/h7-13,16-20H,14-15H2,1-6H3. The Labute approximate surface area is 213 Å². The van der Waals surface area contributed by atoms with Gasteiger partial charge in [0.2, 0.25) is 0 Å². The van der Waals surface area contributed by atoms with E-state index in [4.69, 9.17) is 9.47 Å². The molecule has 4 nitrogen and oxygen atoms in total. The quantitative estimate of drug-likeness (QED) is 0.166. The van der Waals surface area contributed by atoms with Crippen LogP contribution < -0.4 is 0 Å². The summed E-state index contributed by atoms with van der Waals surface area (Å²) in [6.45, 7) is 9.35. The van der Waals surface area contributed by atoms with E-state index in [0.717, 1.165) is 23.1 Å². The number of methoxy groups -OCH3 is 2. The van der Waals surface area contributed by atoms with Crippen molar-refractivity contribution in [1.82, 2.24) is 0 Å². The zero-order valence-corrected chi connectivity index (χ0v) is 22.0. The van der Waals surface area contributed by atoms with Crippen LogP contribution in [0.15, 0.2) is 66.7 Å². The van der Waals surface area contributed by atoms with Crippen molar-refractivity contribution in [2.24, 2.45) is 0 Å². The van der Waals surface area contributed by atoms with Crippen molar-refractivity contribution >= 4 is 34.4 Å². The first-order valence-corrected chi connectivity index (χ1v) is 12.3. The molecule has 3 aromatic rings. The van der Waals surface area contributed by atoms with Gasteiger partial charge < -0.3 is 9.47 Å². The molecule has 0 N–H and O–H groups in total. The maximum atomic E-state index is 12.1. The van der Waals surface area contributed by atoms with E-state index in [1.807, 2.05) is 12.1 Å². The second-order valence-corrected chi connectivity index (χ2v) is 10.8. The molecule has 0 spiro atoms. The molecule has 0 amide bonds. The zero-order chi connectivity index (χ0) is 26.1. The van der Waals surface area contributed by atoms with E-state index in [2.05, 4.69) is 58.0 Å². The third-order valence-corrected chi connectivity index (χ3v) is 7.37. The molecule has 0 unspecified atom stereocenters. The van der Waals surface area contributed by atoms with Gasteiger partial charge in [0.05, 0.1) is 19.8 Å². The summed E-state index contributed by atoms with van der Waals surface area (Å²) in [6, 6.07) is 18.3. The summed E-state index contributed by atoms with van der Waals surface area (Å²) >= 11 is 0. The van der Waals surface area contributed by atoms with E-state index in [0.29, 0.717) is 5.56 Å². The van der Waals surface area contributed by atoms with Gasteiger partial charge >= 0.3 is 11.9 Å². The van der Waals surface area contributed by atoms with Crippen LogP contribution in [-0.2, 0) is 25.1 Å². The number of hydrogen-bond acceptors (Lipinski definition) is 4. The minimum Gasteiger partial charge on any atom is -0.466 e. The Balaban J connectivity index is 1.83. The van der Waals surface area contributed by atoms with Crippen molar-refractivity contribution in [3.63, 3.8) is 0 Å². The van der Waals surface area contributed by atoms with Crippen LogP contribution >= 0.6 is 0 Å². The highest BCUT2D eigenvalue weighted by molar-refractivity contribution is 5.96. The Morgan fingerprint density at radius 1 is 0.750 bits per heavy atom. The second kappa shape index (κ2) is 9.77. The van der Waals surface area contributed by atoms with Gasteiger partial charge in [0, 0.05) is 6.08 Å². The van der Waals surface area contributed by atoms with Crippen LogP contribution in [0.4, 0.5) is 0 Å². The Morgan fingerprint density at radius 3 is 2.03 bits per heavy atom. The predicted octanol–water partition coefficient (Wildman–Crippen LogP) is 7.25. The zero-order valence-electron chi connectivity index (χ0n) is 22.0. The Bertz CT molecular complexity index is 1390. The van der Waals surface area contributed by atoms with Crippen LogP contribution in [0.3, 0.4) is 0 Å². The summed E-state index contributed by atoms with van der Waals surface area (Å²) in [4.78, 5) is 23.9. The molecule has 0 radical (unpaired) electrons. The van der Waals surface area contributed by atoms with Crippen LogP contribution in [0.25, 0.3) is 22.4 Å². The lowest BCUT2D eigenvalue weighted by Gasteiger charge is -2.42. The molecule has 0 heterocycles. The summed E-state index contributed by atoms with van der Waals surface area (Å²) in [5.74, 6) is -0.853. The van der Waals surface area contributed by atoms with E-state index in [-0.39, 0.29) is 10.8 Å². The number of esters is 2. The summed E-state index contributed by atoms with van der Waals surface area (Å²) in [5, 5.41) is 2.41. The molecule has 0 bridgehead atoms. The summed E-state index contributed by atoms with van der Waals surface area (Å²) in [5.41, 5.74) is 6.18. The van der Waals surface area contributed by atoms with Crippen molar-refractivity contribution < 1.29 is 19.1 Å². The molecule has 0 aromatic heterocycles. The normalized spacial score (nSPS) is 16.6. The van der Waals surface area contributed by atoms with E-state index in [1.54, 1.807) is 24.3 Å². The maximum absolute atomic E-state index is 12.1. The summed E-state index contributed by atoms with van der Waals surface area (Å²) < 4.78 is 9.67. The lowest BCUT2D eigenvalue weighted by atomic mass is 9.63. The van der Waals surface area contributed by atoms with Crippen LogP contribution in [0.5, 0.6) is 0 Å². The number of fused-ring (bicyclic) bond motifs is 2. The molecule has 0 saturated heterocycles. The molecule has 4 rings (SSSR count). The fourth-order valence-electron chi connectivity index (χ4n) is 5.00. The molecular weight excluding hydrogens is 448 g/mol.